The smallest absolute Gasteiger partial charge is 0.268 e. The topological polar surface area (TPSA) is 84.2 Å². The highest BCUT2D eigenvalue weighted by Crippen LogP contribution is 2.19. The summed E-state index contributed by atoms with van der Waals surface area (Å²) in [4.78, 5) is 24.3. The number of nitrogens with two attached hydrogens (primary N) is 1. The van der Waals surface area contributed by atoms with Crippen molar-refractivity contribution in [2.75, 3.05) is 0 Å². The van der Waals surface area contributed by atoms with Crippen LogP contribution in [0.1, 0.15) is 15.2 Å². The number of hydrogen-bond acceptors (Lipinski definition) is 4. The van der Waals surface area contributed by atoms with Gasteiger partial charge in [0.2, 0.25) is 0 Å². The summed E-state index contributed by atoms with van der Waals surface area (Å²) in [6.07, 6.45) is 1.36. The van der Waals surface area contributed by atoms with E-state index in [1.54, 1.807) is 30.3 Å². The molecule has 2 aromatic rings. The zero-order chi connectivity index (χ0) is 14.4. The van der Waals surface area contributed by atoms with Gasteiger partial charge in [-0.1, -0.05) is 24.3 Å². The molecule has 0 spiro atoms. The zero-order valence-corrected chi connectivity index (χ0v) is 11.3. The standard InChI is InChI=1S/C14H13N3O2S/c15-17-14(19)11(12-7-4-8-20-12)9-16-13(18)10-5-2-1-3-6-10/h1-9H,15H2,(H,16,18)(H,17,19)/b11-9+. The van der Waals surface area contributed by atoms with E-state index in [0.29, 0.717) is 11.1 Å². The number of amides is 2. The molecule has 102 valence electrons. The number of carbonyl (C=O) groups excluding carboxylic acids is 2. The lowest BCUT2D eigenvalue weighted by Gasteiger charge is -2.05. The molecule has 2 amide bonds. The van der Waals surface area contributed by atoms with Crippen molar-refractivity contribution in [1.82, 2.24) is 10.7 Å². The molecular weight excluding hydrogens is 274 g/mol. The Kier molecular flexibility index (Phi) is 4.65. The molecule has 0 unspecified atom stereocenters. The molecule has 0 saturated carbocycles. The maximum atomic E-state index is 11.9. The van der Waals surface area contributed by atoms with Gasteiger partial charge in [-0.05, 0) is 23.6 Å². The summed E-state index contributed by atoms with van der Waals surface area (Å²) in [6.45, 7) is 0. The normalized spacial score (nSPS) is 10.9. The van der Waals surface area contributed by atoms with Crippen LogP contribution in [0.2, 0.25) is 0 Å². The molecule has 6 heteroatoms. The largest absolute Gasteiger partial charge is 0.328 e. The number of hydrazine groups is 1. The van der Waals surface area contributed by atoms with Crippen molar-refractivity contribution < 1.29 is 9.59 Å². The van der Waals surface area contributed by atoms with E-state index in [-0.39, 0.29) is 5.91 Å². The Morgan fingerprint density at radius 1 is 1.10 bits per heavy atom. The molecule has 0 saturated heterocycles. The van der Waals surface area contributed by atoms with Gasteiger partial charge < -0.3 is 5.32 Å². The Morgan fingerprint density at radius 2 is 1.85 bits per heavy atom. The molecule has 0 bridgehead atoms. The van der Waals surface area contributed by atoms with Gasteiger partial charge in [-0.15, -0.1) is 11.3 Å². The number of thiophene rings is 1. The molecule has 0 atom stereocenters. The molecule has 0 aliphatic carbocycles. The van der Waals surface area contributed by atoms with Crippen LogP contribution in [0.3, 0.4) is 0 Å². The summed E-state index contributed by atoms with van der Waals surface area (Å²) in [6, 6.07) is 12.3. The monoisotopic (exact) mass is 287 g/mol. The second-order valence-corrected chi connectivity index (χ2v) is 4.80. The van der Waals surface area contributed by atoms with Gasteiger partial charge >= 0.3 is 0 Å². The lowest BCUT2D eigenvalue weighted by molar-refractivity contribution is -0.115. The van der Waals surface area contributed by atoms with Crippen LogP contribution in [-0.4, -0.2) is 11.8 Å². The second kappa shape index (κ2) is 6.65. The molecule has 1 aromatic carbocycles. The van der Waals surface area contributed by atoms with Crippen LogP contribution >= 0.6 is 11.3 Å². The molecule has 0 aliphatic rings. The molecule has 4 N–H and O–H groups in total. The van der Waals surface area contributed by atoms with Gasteiger partial charge in [-0.25, -0.2) is 5.84 Å². The summed E-state index contributed by atoms with van der Waals surface area (Å²) in [7, 11) is 0. The molecule has 2 rings (SSSR count). The summed E-state index contributed by atoms with van der Waals surface area (Å²) in [5, 5.41) is 4.43. The molecule has 0 fully saturated rings. The van der Waals surface area contributed by atoms with Gasteiger partial charge in [-0.3, -0.25) is 15.0 Å². The number of hydrogen-bond donors (Lipinski definition) is 3. The van der Waals surface area contributed by atoms with Crippen LogP contribution in [0, 0.1) is 0 Å². The van der Waals surface area contributed by atoms with E-state index in [1.165, 1.54) is 17.5 Å². The van der Waals surface area contributed by atoms with E-state index in [1.807, 2.05) is 17.5 Å². The summed E-state index contributed by atoms with van der Waals surface area (Å²) in [5.41, 5.74) is 2.89. The average Bonchev–Trinajstić information content (AvgIpc) is 3.02. The van der Waals surface area contributed by atoms with E-state index in [9.17, 15) is 9.59 Å². The van der Waals surface area contributed by atoms with Crippen molar-refractivity contribution in [1.29, 1.82) is 0 Å². The first-order valence-electron chi connectivity index (χ1n) is 5.83. The average molecular weight is 287 g/mol. The van der Waals surface area contributed by atoms with E-state index in [0.717, 1.165) is 4.88 Å². The first-order valence-corrected chi connectivity index (χ1v) is 6.71. The Hall–Kier alpha value is -2.44. The fraction of sp³-hybridized carbons (Fsp3) is 0. The Bertz CT molecular complexity index is 621. The highest BCUT2D eigenvalue weighted by molar-refractivity contribution is 7.11. The van der Waals surface area contributed by atoms with E-state index < -0.39 is 5.91 Å². The van der Waals surface area contributed by atoms with Gasteiger partial charge in [0.1, 0.15) is 0 Å². The number of nitrogens with one attached hydrogen (secondary N) is 2. The molecular formula is C14H13N3O2S. The van der Waals surface area contributed by atoms with Gasteiger partial charge in [-0.2, -0.15) is 0 Å². The van der Waals surface area contributed by atoms with Gasteiger partial charge in [0.25, 0.3) is 11.8 Å². The van der Waals surface area contributed by atoms with E-state index >= 15 is 0 Å². The van der Waals surface area contributed by atoms with Crippen molar-refractivity contribution in [3.05, 3.63) is 64.5 Å². The third kappa shape index (κ3) is 3.31. The maximum absolute atomic E-state index is 11.9. The van der Waals surface area contributed by atoms with Crippen molar-refractivity contribution in [3.8, 4) is 0 Å². The highest BCUT2D eigenvalue weighted by Gasteiger charge is 2.12. The fourth-order valence-electron chi connectivity index (χ4n) is 1.57. The van der Waals surface area contributed by atoms with Crippen LogP contribution in [0.5, 0.6) is 0 Å². The minimum absolute atomic E-state index is 0.288. The van der Waals surface area contributed by atoms with Crippen LogP contribution in [-0.2, 0) is 4.79 Å². The zero-order valence-electron chi connectivity index (χ0n) is 10.5. The second-order valence-electron chi connectivity index (χ2n) is 3.85. The first-order chi connectivity index (χ1) is 9.72. The van der Waals surface area contributed by atoms with Crippen LogP contribution in [0.4, 0.5) is 0 Å². The van der Waals surface area contributed by atoms with Gasteiger partial charge in [0.05, 0.1) is 5.57 Å². The summed E-state index contributed by atoms with van der Waals surface area (Å²) < 4.78 is 0. The highest BCUT2D eigenvalue weighted by atomic mass is 32.1. The summed E-state index contributed by atoms with van der Waals surface area (Å²) >= 11 is 1.39. The lowest BCUT2D eigenvalue weighted by Crippen LogP contribution is -2.31. The number of benzene rings is 1. The van der Waals surface area contributed by atoms with Gasteiger partial charge in [0.15, 0.2) is 0 Å². The predicted molar refractivity (Wildman–Crippen MR) is 78.5 cm³/mol. The van der Waals surface area contributed by atoms with Crippen LogP contribution in [0.25, 0.3) is 5.57 Å². The Labute approximate surface area is 120 Å². The Balaban J connectivity index is 2.18. The molecule has 1 aromatic heterocycles. The quantitative estimate of drug-likeness (QED) is 0.345. The lowest BCUT2D eigenvalue weighted by atomic mass is 10.2. The van der Waals surface area contributed by atoms with Crippen LogP contribution in [0.15, 0.2) is 54.0 Å². The predicted octanol–water partition coefficient (Wildman–Crippen LogP) is 1.51. The molecule has 0 radical (unpaired) electrons. The van der Waals surface area contributed by atoms with Crippen molar-refractivity contribution >= 4 is 28.7 Å². The first kappa shape index (κ1) is 14.0. The van der Waals surface area contributed by atoms with Gasteiger partial charge in [0, 0.05) is 16.6 Å². The molecule has 20 heavy (non-hydrogen) atoms. The number of rotatable bonds is 4. The van der Waals surface area contributed by atoms with E-state index in [2.05, 4.69) is 10.7 Å². The third-order valence-electron chi connectivity index (χ3n) is 2.55. The molecule has 1 heterocycles. The summed E-state index contributed by atoms with van der Waals surface area (Å²) in [5.74, 6) is 4.40. The molecule has 0 aliphatic heterocycles. The Morgan fingerprint density at radius 3 is 2.45 bits per heavy atom. The minimum Gasteiger partial charge on any atom is -0.328 e. The molecule has 5 nitrogen and oxygen atoms in total. The van der Waals surface area contributed by atoms with Crippen molar-refractivity contribution in [2.24, 2.45) is 5.84 Å². The SMILES string of the molecule is NNC(=O)/C(=C/NC(=O)c1ccccc1)c1cccs1. The van der Waals surface area contributed by atoms with Crippen LogP contribution < -0.4 is 16.6 Å². The third-order valence-corrected chi connectivity index (χ3v) is 3.45. The van der Waals surface area contributed by atoms with Crippen molar-refractivity contribution in [2.45, 2.75) is 0 Å². The minimum atomic E-state index is -0.458. The van der Waals surface area contributed by atoms with Crippen molar-refractivity contribution in [3.63, 3.8) is 0 Å². The number of carbonyl (C=O) groups is 2. The van der Waals surface area contributed by atoms with E-state index in [4.69, 9.17) is 5.84 Å². The maximum Gasteiger partial charge on any atom is 0.268 e. The fourth-order valence-corrected chi connectivity index (χ4v) is 2.31.